The van der Waals surface area contributed by atoms with Crippen LogP contribution in [0.4, 0.5) is 5.82 Å². The van der Waals surface area contributed by atoms with Crippen LogP contribution in [-0.2, 0) is 6.42 Å². The first-order valence-electron chi connectivity index (χ1n) is 6.45. The summed E-state index contributed by atoms with van der Waals surface area (Å²) in [7, 11) is 1.61. The van der Waals surface area contributed by atoms with E-state index in [0.717, 1.165) is 25.2 Å². The van der Waals surface area contributed by atoms with E-state index in [4.69, 9.17) is 4.74 Å². The highest BCUT2D eigenvalue weighted by molar-refractivity contribution is 5.38. The Hall–Kier alpha value is -2.10. The van der Waals surface area contributed by atoms with Gasteiger partial charge in [0.25, 0.3) is 0 Å². The van der Waals surface area contributed by atoms with Crippen LogP contribution in [-0.4, -0.2) is 23.6 Å². The average Bonchev–Trinajstić information content (AvgIpc) is 2.44. The molecule has 1 aromatic carbocycles. The number of nitrogens with zero attached hydrogens (tertiary/aromatic N) is 2. The summed E-state index contributed by atoms with van der Waals surface area (Å²) in [6.07, 6.45) is 2.13. The van der Waals surface area contributed by atoms with Gasteiger partial charge in [0.1, 0.15) is 11.6 Å². The molecule has 0 fully saturated rings. The molecule has 0 atom stereocenters. The minimum Gasteiger partial charge on any atom is -0.481 e. The molecule has 100 valence electrons. The van der Waals surface area contributed by atoms with Crippen molar-refractivity contribution in [3.8, 4) is 5.88 Å². The number of anilines is 1. The van der Waals surface area contributed by atoms with Crippen molar-refractivity contribution in [2.24, 2.45) is 0 Å². The molecule has 2 aromatic rings. The van der Waals surface area contributed by atoms with Crippen LogP contribution < -0.4 is 10.1 Å². The van der Waals surface area contributed by atoms with E-state index < -0.39 is 0 Å². The molecule has 1 N–H and O–H groups in total. The molecule has 0 spiro atoms. The maximum Gasteiger partial charge on any atom is 0.218 e. The number of hydrogen-bond donors (Lipinski definition) is 1. The molecule has 0 aliphatic rings. The highest BCUT2D eigenvalue weighted by atomic mass is 16.5. The summed E-state index contributed by atoms with van der Waals surface area (Å²) in [5, 5.41) is 3.30. The minimum absolute atomic E-state index is 0.595. The molecule has 0 unspecified atom stereocenters. The third-order valence-electron chi connectivity index (χ3n) is 2.81. The molecule has 0 saturated heterocycles. The number of rotatable bonds is 6. The van der Waals surface area contributed by atoms with Gasteiger partial charge in [-0.1, -0.05) is 30.3 Å². The summed E-state index contributed by atoms with van der Waals surface area (Å²) in [6.45, 7) is 2.74. The van der Waals surface area contributed by atoms with Gasteiger partial charge in [-0.05, 0) is 25.3 Å². The molecular weight excluding hydrogens is 238 g/mol. The maximum atomic E-state index is 5.12. The quantitative estimate of drug-likeness (QED) is 0.808. The zero-order chi connectivity index (χ0) is 13.5. The minimum atomic E-state index is 0.595. The summed E-state index contributed by atoms with van der Waals surface area (Å²) in [5.41, 5.74) is 1.36. The molecule has 0 amide bonds. The summed E-state index contributed by atoms with van der Waals surface area (Å²) >= 11 is 0. The van der Waals surface area contributed by atoms with Crippen LogP contribution in [0, 0.1) is 6.92 Å². The van der Waals surface area contributed by atoms with E-state index >= 15 is 0 Å². The summed E-state index contributed by atoms with van der Waals surface area (Å²) in [4.78, 5) is 8.48. The maximum absolute atomic E-state index is 5.12. The van der Waals surface area contributed by atoms with E-state index in [1.165, 1.54) is 5.56 Å². The molecule has 4 heteroatoms. The third-order valence-corrected chi connectivity index (χ3v) is 2.81. The van der Waals surface area contributed by atoms with E-state index in [2.05, 4.69) is 39.6 Å². The zero-order valence-electron chi connectivity index (χ0n) is 11.4. The first kappa shape index (κ1) is 13.3. The van der Waals surface area contributed by atoms with Crippen LogP contribution in [0.3, 0.4) is 0 Å². The Morgan fingerprint density at radius 2 is 1.95 bits per heavy atom. The Bertz CT molecular complexity index is 514. The van der Waals surface area contributed by atoms with E-state index in [-0.39, 0.29) is 0 Å². The number of aromatic nitrogens is 2. The molecule has 0 radical (unpaired) electrons. The first-order chi connectivity index (χ1) is 9.28. The zero-order valence-corrected chi connectivity index (χ0v) is 11.4. The molecule has 0 aliphatic heterocycles. The van der Waals surface area contributed by atoms with Gasteiger partial charge in [-0.3, -0.25) is 0 Å². The molecular formula is C15H19N3O. The molecule has 4 nitrogen and oxygen atoms in total. The van der Waals surface area contributed by atoms with Crippen LogP contribution in [0.1, 0.15) is 17.8 Å². The predicted octanol–water partition coefficient (Wildman–Crippen LogP) is 2.84. The monoisotopic (exact) mass is 257 g/mol. The lowest BCUT2D eigenvalue weighted by molar-refractivity contribution is 0.396. The van der Waals surface area contributed by atoms with E-state index in [1.807, 2.05) is 19.1 Å². The number of benzene rings is 1. The van der Waals surface area contributed by atoms with Crippen molar-refractivity contribution in [1.29, 1.82) is 0 Å². The van der Waals surface area contributed by atoms with Crippen molar-refractivity contribution in [2.75, 3.05) is 19.0 Å². The van der Waals surface area contributed by atoms with Crippen molar-refractivity contribution in [1.82, 2.24) is 9.97 Å². The van der Waals surface area contributed by atoms with Crippen LogP contribution >= 0.6 is 0 Å². The van der Waals surface area contributed by atoms with Gasteiger partial charge >= 0.3 is 0 Å². The van der Waals surface area contributed by atoms with E-state index in [0.29, 0.717) is 11.7 Å². The molecule has 0 bridgehead atoms. The Kier molecular flexibility index (Phi) is 4.72. The number of ether oxygens (including phenoxy) is 1. The lowest BCUT2D eigenvalue weighted by atomic mass is 10.1. The molecule has 0 aliphatic carbocycles. The second kappa shape index (κ2) is 6.73. The van der Waals surface area contributed by atoms with Gasteiger partial charge in [0.05, 0.1) is 7.11 Å². The summed E-state index contributed by atoms with van der Waals surface area (Å²) in [6, 6.07) is 12.3. The largest absolute Gasteiger partial charge is 0.481 e. The number of aryl methyl sites for hydroxylation is 2. The van der Waals surface area contributed by atoms with Crippen molar-refractivity contribution >= 4 is 5.82 Å². The fourth-order valence-electron chi connectivity index (χ4n) is 1.89. The van der Waals surface area contributed by atoms with Gasteiger partial charge in [0.15, 0.2) is 0 Å². The Morgan fingerprint density at radius 1 is 1.16 bits per heavy atom. The lowest BCUT2D eigenvalue weighted by Gasteiger charge is -2.08. The fraction of sp³-hybridized carbons (Fsp3) is 0.333. The molecule has 1 heterocycles. The van der Waals surface area contributed by atoms with Crippen molar-refractivity contribution < 1.29 is 4.74 Å². The van der Waals surface area contributed by atoms with Gasteiger partial charge in [0.2, 0.25) is 5.88 Å². The molecule has 2 rings (SSSR count). The fourth-order valence-corrected chi connectivity index (χ4v) is 1.89. The Balaban J connectivity index is 1.81. The van der Waals surface area contributed by atoms with Gasteiger partial charge < -0.3 is 10.1 Å². The first-order valence-corrected chi connectivity index (χ1v) is 6.45. The van der Waals surface area contributed by atoms with Crippen molar-refractivity contribution in [2.45, 2.75) is 19.8 Å². The number of hydrogen-bond acceptors (Lipinski definition) is 4. The Labute approximate surface area is 113 Å². The van der Waals surface area contributed by atoms with Gasteiger partial charge in [-0.2, -0.15) is 4.98 Å². The standard InChI is InChI=1S/C15H19N3O/c1-12-17-14(11-15(18-12)19-2)16-10-6-9-13-7-4-3-5-8-13/h3-5,7-8,11H,6,9-10H2,1-2H3,(H,16,17,18). The summed E-state index contributed by atoms with van der Waals surface area (Å²) < 4.78 is 5.12. The van der Waals surface area contributed by atoms with Crippen molar-refractivity contribution in [3.63, 3.8) is 0 Å². The number of nitrogens with one attached hydrogen (secondary N) is 1. The van der Waals surface area contributed by atoms with E-state index in [1.54, 1.807) is 7.11 Å². The smallest absolute Gasteiger partial charge is 0.218 e. The summed E-state index contributed by atoms with van der Waals surface area (Å²) in [5.74, 6) is 2.13. The molecule has 19 heavy (non-hydrogen) atoms. The highest BCUT2D eigenvalue weighted by Crippen LogP contribution is 2.12. The van der Waals surface area contributed by atoms with Gasteiger partial charge in [-0.15, -0.1) is 0 Å². The average molecular weight is 257 g/mol. The lowest BCUT2D eigenvalue weighted by Crippen LogP contribution is -2.06. The van der Waals surface area contributed by atoms with Gasteiger partial charge in [-0.25, -0.2) is 4.98 Å². The second-order valence-electron chi connectivity index (χ2n) is 4.36. The van der Waals surface area contributed by atoms with Crippen LogP contribution in [0.15, 0.2) is 36.4 Å². The SMILES string of the molecule is COc1cc(NCCCc2ccccc2)nc(C)n1. The molecule has 1 aromatic heterocycles. The topological polar surface area (TPSA) is 47.0 Å². The second-order valence-corrected chi connectivity index (χ2v) is 4.36. The Morgan fingerprint density at radius 3 is 2.68 bits per heavy atom. The van der Waals surface area contributed by atoms with Crippen LogP contribution in [0.2, 0.25) is 0 Å². The molecule has 0 saturated carbocycles. The number of methoxy groups -OCH3 is 1. The third kappa shape index (κ3) is 4.25. The highest BCUT2D eigenvalue weighted by Gasteiger charge is 2.01. The van der Waals surface area contributed by atoms with Crippen LogP contribution in [0.25, 0.3) is 0 Å². The predicted molar refractivity (Wildman–Crippen MR) is 76.6 cm³/mol. The van der Waals surface area contributed by atoms with Crippen molar-refractivity contribution in [3.05, 3.63) is 47.8 Å². The van der Waals surface area contributed by atoms with Crippen LogP contribution in [0.5, 0.6) is 5.88 Å². The van der Waals surface area contributed by atoms with E-state index in [9.17, 15) is 0 Å². The van der Waals surface area contributed by atoms with Gasteiger partial charge in [0, 0.05) is 12.6 Å². The normalized spacial score (nSPS) is 10.2.